The first kappa shape index (κ1) is 20.2. The first-order chi connectivity index (χ1) is 12.2. The van der Waals surface area contributed by atoms with Gasteiger partial charge in [0, 0.05) is 18.2 Å². The molecular formula is C18H22ClN3O3S. The summed E-state index contributed by atoms with van der Waals surface area (Å²) >= 11 is 6.02. The number of aryl methyl sites for hydroxylation is 1. The number of rotatable bonds is 7. The largest absolute Gasteiger partial charge is 0.328 e. The van der Waals surface area contributed by atoms with Gasteiger partial charge in [-0.2, -0.15) is 0 Å². The summed E-state index contributed by atoms with van der Waals surface area (Å²) in [6.45, 7) is 3.51. The predicted octanol–water partition coefficient (Wildman–Crippen LogP) is 3.52. The summed E-state index contributed by atoms with van der Waals surface area (Å²) in [4.78, 5) is 12.0. The zero-order valence-electron chi connectivity index (χ0n) is 14.6. The van der Waals surface area contributed by atoms with E-state index in [4.69, 9.17) is 17.3 Å². The van der Waals surface area contributed by atoms with Crippen LogP contribution in [0, 0.1) is 6.92 Å². The number of sulfonamides is 1. The van der Waals surface area contributed by atoms with Crippen LogP contribution in [0.5, 0.6) is 0 Å². The molecule has 0 aliphatic rings. The molecule has 4 N–H and O–H groups in total. The minimum atomic E-state index is -3.86. The van der Waals surface area contributed by atoms with Crippen molar-refractivity contribution in [2.45, 2.75) is 37.6 Å². The fourth-order valence-electron chi connectivity index (χ4n) is 2.29. The van der Waals surface area contributed by atoms with Crippen LogP contribution >= 0.6 is 11.6 Å². The molecule has 0 heterocycles. The third-order valence-corrected chi connectivity index (χ3v) is 5.54. The molecule has 0 saturated carbocycles. The van der Waals surface area contributed by atoms with Gasteiger partial charge in [-0.1, -0.05) is 29.8 Å². The molecule has 0 spiro atoms. The second kappa shape index (κ2) is 8.53. The lowest BCUT2D eigenvalue weighted by atomic mass is 10.2. The Kier molecular flexibility index (Phi) is 6.63. The molecule has 0 saturated heterocycles. The molecule has 0 aliphatic heterocycles. The first-order valence-electron chi connectivity index (χ1n) is 8.12. The Bertz CT molecular complexity index is 898. The fourth-order valence-corrected chi connectivity index (χ4v) is 3.88. The first-order valence-corrected chi connectivity index (χ1v) is 9.98. The highest BCUT2D eigenvalue weighted by atomic mass is 35.5. The van der Waals surface area contributed by atoms with Gasteiger partial charge in [-0.25, -0.2) is 8.42 Å². The maximum absolute atomic E-state index is 12.7. The molecule has 0 fully saturated rings. The van der Waals surface area contributed by atoms with Crippen LogP contribution in [0.3, 0.4) is 0 Å². The van der Waals surface area contributed by atoms with E-state index in [0.29, 0.717) is 28.4 Å². The van der Waals surface area contributed by atoms with Crippen LogP contribution < -0.4 is 15.8 Å². The molecule has 1 atom stereocenters. The second-order valence-electron chi connectivity index (χ2n) is 6.13. The Morgan fingerprint density at radius 1 is 1.23 bits per heavy atom. The Morgan fingerprint density at radius 3 is 2.58 bits per heavy atom. The Hall–Kier alpha value is -2.09. The minimum Gasteiger partial charge on any atom is -0.328 e. The highest BCUT2D eigenvalue weighted by Gasteiger charge is 2.19. The van der Waals surface area contributed by atoms with E-state index in [9.17, 15) is 13.2 Å². The van der Waals surface area contributed by atoms with Crippen LogP contribution in [-0.4, -0.2) is 20.4 Å². The van der Waals surface area contributed by atoms with Crippen molar-refractivity contribution in [3.63, 3.8) is 0 Å². The molecule has 6 nitrogen and oxygen atoms in total. The van der Waals surface area contributed by atoms with E-state index in [-0.39, 0.29) is 23.3 Å². The molecule has 2 rings (SSSR count). The molecular weight excluding hydrogens is 374 g/mol. The van der Waals surface area contributed by atoms with Crippen LogP contribution in [0.25, 0.3) is 0 Å². The van der Waals surface area contributed by atoms with Crippen molar-refractivity contribution in [3.8, 4) is 0 Å². The van der Waals surface area contributed by atoms with E-state index >= 15 is 0 Å². The fraction of sp³-hybridized carbons (Fsp3) is 0.278. The topological polar surface area (TPSA) is 101 Å². The highest BCUT2D eigenvalue weighted by Crippen LogP contribution is 2.26. The average Bonchev–Trinajstić information content (AvgIpc) is 2.56. The van der Waals surface area contributed by atoms with Crippen LogP contribution in [0.1, 0.15) is 25.3 Å². The van der Waals surface area contributed by atoms with Gasteiger partial charge >= 0.3 is 0 Å². The Balaban J connectivity index is 2.23. The van der Waals surface area contributed by atoms with Crippen molar-refractivity contribution < 1.29 is 13.2 Å². The van der Waals surface area contributed by atoms with Gasteiger partial charge in [-0.05, 0) is 50.1 Å². The van der Waals surface area contributed by atoms with Gasteiger partial charge in [-0.3, -0.25) is 9.52 Å². The van der Waals surface area contributed by atoms with Crippen LogP contribution in [-0.2, 0) is 14.8 Å². The van der Waals surface area contributed by atoms with Gasteiger partial charge in [0.1, 0.15) is 0 Å². The highest BCUT2D eigenvalue weighted by molar-refractivity contribution is 7.92. The minimum absolute atomic E-state index is 0.0717. The van der Waals surface area contributed by atoms with E-state index in [2.05, 4.69) is 10.0 Å². The molecule has 0 bridgehead atoms. The van der Waals surface area contributed by atoms with Gasteiger partial charge in [0.25, 0.3) is 10.0 Å². The molecule has 140 valence electrons. The maximum Gasteiger partial charge on any atom is 0.262 e. The standard InChI is InChI=1S/C18H22ClN3O3S/c1-12-7-9-14(21-18(23)10-8-13(2)20)11-17(12)26(24,25)22-16-6-4-3-5-15(16)19/h3-7,9,11,13,22H,8,10,20H2,1-2H3,(H,21,23). The molecule has 0 aliphatic carbocycles. The third-order valence-electron chi connectivity index (χ3n) is 3.71. The van der Waals surface area contributed by atoms with Crippen molar-refractivity contribution in [3.05, 3.63) is 53.1 Å². The lowest BCUT2D eigenvalue weighted by Gasteiger charge is -2.13. The van der Waals surface area contributed by atoms with E-state index in [0.717, 1.165) is 0 Å². The van der Waals surface area contributed by atoms with Crippen molar-refractivity contribution >= 4 is 38.9 Å². The number of carbonyl (C=O) groups is 1. The molecule has 2 aromatic carbocycles. The Morgan fingerprint density at radius 2 is 1.92 bits per heavy atom. The molecule has 26 heavy (non-hydrogen) atoms. The van der Waals surface area contributed by atoms with Gasteiger partial charge in [-0.15, -0.1) is 0 Å². The third kappa shape index (κ3) is 5.45. The van der Waals surface area contributed by atoms with E-state index in [1.165, 1.54) is 6.07 Å². The maximum atomic E-state index is 12.7. The van der Waals surface area contributed by atoms with Gasteiger partial charge in [0.15, 0.2) is 0 Å². The summed E-state index contributed by atoms with van der Waals surface area (Å²) < 4.78 is 27.9. The van der Waals surface area contributed by atoms with Crippen LogP contribution in [0.4, 0.5) is 11.4 Å². The summed E-state index contributed by atoms with van der Waals surface area (Å²) in [7, 11) is -3.86. The van der Waals surface area contributed by atoms with Gasteiger partial charge in [0.2, 0.25) is 5.91 Å². The van der Waals surface area contributed by atoms with Crippen molar-refractivity contribution in [1.82, 2.24) is 0 Å². The van der Waals surface area contributed by atoms with E-state index in [1.54, 1.807) is 43.3 Å². The van der Waals surface area contributed by atoms with Gasteiger partial charge < -0.3 is 11.1 Å². The smallest absolute Gasteiger partial charge is 0.262 e. The van der Waals surface area contributed by atoms with E-state index in [1.807, 2.05) is 6.92 Å². The van der Waals surface area contributed by atoms with Crippen LogP contribution in [0.15, 0.2) is 47.4 Å². The average molecular weight is 396 g/mol. The van der Waals surface area contributed by atoms with Gasteiger partial charge in [0.05, 0.1) is 15.6 Å². The molecule has 2 aromatic rings. The number of nitrogens with two attached hydrogens (primary N) is 1. The number of anilines is 2. The summed E-state index contributed by atoms with van der Waals surface area (Å²) in [5.74, 6) is -0.214. The molecule has 0 radical (unpaired) electrons. The number of halogens is 1. The summed E-state index contributed by atoms with van der Waals surface area (Å²) in [5, 5.41) is 3.00. The number of nitrogens with one attached hydrogen (secondary N) is 2. The Labute approximate surface area is 158 Å². The predicted molar refractivity (Wildman–Crippen MR) is 105 cm³/mol. The van der Waals surface area contributed by atoms with Crippen molar-refractivity contribution in [1.29, 1.82) is 0 Å². The summed E-state index contributed by atoms with van der Waals surface area (Å²) in [6.07, 6.45) is 0.822. The molecule has 0 aromatic heterocycles. The number of para-hydroxylation sites is 1. The van der Waals surface area contributed by atoms with Crippen molar-refractivity contribution in [2.75, 3.05) is 10.0 Å². The monoisotopic (exact) mass is 395 g/mol. The summed E-state index contributed by atoms with van der Waals surface area (Å²) in [6, 6.07) is 11.2. The number of amides is 1. The normalized spacial score (nSPS) is 12.5. The SMILES string of the molecule is Cc1ccc(NC(=O)CCC(C)N)cc1S(=O)(=O)Nc1ccccc1Cl. The zero-order chi connectivity index (χ0) is 19.3. The number of hydrogen-bond donors (Lipinski definition) is 3. The number of benzene rings is 2. The molecule has 1 unspecified atom stereocenters. The zero-order valence-corrected chi connectivity index (χ0v) is 16.2. The second-order valence-corrected chi connectivity index (χ2v) is 8.19. The molecule has 1 amide bonds. The van der Waals surface area contributed by atoms with Crippen molar-refractivity contribution in [2.24, 2.45) is 5.73 Å². The number of carbonyl (C=O) groups excluding carboxylic acids is 1. The van der Waals surface area contributed by atoms with Crippen LogP contribution in [0.2, 0.25) is 5.02 Å². The molecule has 8 heteroatoms. The van der Waals surface area contributed by atoms with E-state index < -0.39 is 10.0 Å². The lowest BCUT2D eigenvalue weighted by Crippen LogP contribution is -2.20. The number of hydrogen-bond acceptors (Lipinski definition) is 4. The summed E-state index contributed by atoms with van der Waals surface area (Å²) in [5.41, 5.74) is 6.89. The quantitative estimate of drug-likeness (QED) is 0.667. The lowest BCUT2D eigenvalue weighted by molar-refractivity contribution is -0.116.